The highest BCUT2D eigenvalue weighted by molar-refractivity contribution is 9.11. The monoisotopic (exact) mass is 364 g/mol. The summed E-state index contributed by atoms with van der Waals surface area (Å²) in [6.45, 7) is 0. The Labute approximate surface area is 112 Å². The first kappa shape index (κ1) is 11.5. The fraction of sp³-hybridized carbons (Fsp3) is 0.100. The second-order valence-corrected chi connectivity index (χ2v) is 6.51. The van der Waals surface area contributed by atoms with Crippen LogP contribution in [0.5, 0.6) is 0 Å². The van der Waals surface area contributed by atoms with Crippen LogP contribution in [0.15, 0.2) is 31.8 Å². The number of hydrogen-bond donors (Lipinski definition) is 0. The zero-order valence-electron chi connectivity index (χ0n) is 7.50. The van der Waals surface area contributed by atoms with E-state index in [1.54, 1.807) is 11.3 Å². The number of thiophene rings is 2. The predicted octanol–water partition coefficient (Wildman–Crippen LogP) is 4.76. The second-order valence-electron chi connectivity index (χ2n) is 2.89. The lowest BCUT2D eigenvalue weighted by Gasteiger charge is -1.97. The third-order valence-corrected chi connectivity index (χ3v) is 5.69. The Hall–Kier alpha value is 0.0300. The van der Waals surface area contributed by atoms with Crippen molar-refractivity contribution < 1.29 is 4.79 Å². The second kappa shape index (κ2) is 4.91. The van der Waals surface area contributed by atoms with E-state index in [0.29, 0.717) is 6.42 Å². The third-order valence-electron chi connectivity index (χ3n) is 1.88. The number of rotatable bonds is 3. The first-order chi connectivity index (χ1) is 7.18. The molecule has 2 rings (SSSR count). The molecule has 0 amide bonds. The Balaban J connectivity index is 2.18. The van der Waals surface area contributed by atoms with Gasteiger partial charge < -0.3 is 0 Å². The number of halogens is 2. The Morgan fingerprint density at radius 2 is 1.80 bits per heavy atom. The van der Waals surface area contributed by atoms with Gasteiger partial charge in [-0.3, -0.25) is 4.79 Å². The summed E-state index contributed by atoms with van der Waals surface area (Å²) < 4.78 is 1.92. The van der Waals surface area contributed by atoms with Crippen molar-refractivity contribution in [3.63, 3.8) is 0 Å². The van der Waals surface area contributed by atoms with Gasteiger partial charge in [0.1, 0.15) is 0 Å². The van der Waals surface area contributed by atoms with E-state index in [-0.39, 0.29) is 5.78 Å². The van der Waals surface area contributed by atoms with Crippen molar-refractivity contribution >= 4 is 60.3 Å². The smallest absolute Gasteiger partial charge is 0.179 e. The molecule has 0 aliphatic carbocycles. The van der Waals surface area contributed by atoms with Gasteiger partial charge >= 0.3 is 0 Å². The maximum absolute atomic E-state index is 11.9. The third kappa shape index (κ3) is 2.58. The van der Waals surface area contributed by atoms with Crippen LogP contribution in [0.4, 0.5) is 0 Å². The molecule has 2 aromatic rings. The predicted molar refractivity (Wildman–Crippen MR) is 72.1 cm³/mol. The zero-order valence-corrected chi connectivity index (χ0v) is 12.3. The number of hydrogen-bond acceptors (Lipinski definition) is 3. The van der Waals surface area contributed by atoms with Gasteiger partial charge in [0.25, 0.3) is 0 Å². The summed E-state index contributed by atoms with van der Waals surface area (Å²) in [4.78, 5) is 13.8. The van der Waals surface area contributed by atoms with Crippen molar-refractivity contribution in [1.29, 1.82) is 0 Å². The average molecular weight is 366 g/mol. The summed E-state index contributed by atoms with van der Waals surface area (Å²) in [7, 11) is 0. The summed E-state index contributed by atoms with van der Waals surface area (Å²) in [6, 6.07) is 3.87. The fourth-order valence-electron chi connectivity index (χ4n) is 1.17. The summed E-state index contributed by atoms with van der Waals surface area (Å²) in [5.41, 5.74) is 0. The molecule has 15 heavy (non-hydrogen) atoms. The molecule has 0 unspecified atom stereocenters. The van der Waals surface area contributed by atoms with E-state index in [4.69, 9.17) is 0 Å². The molecular weight excluding hydrogens is 360 g/mol. The molecule has 0 aliphatic heterocycles. The van der Waals surface area contributed by atoms with Gasteiger partial charge in [0, 0.05) is 20.2 Å². The van der Waals surface area contributed by atoms with Crippen molar-refractivity contribution in [2.24, 2.45) is 0 Å². The molecule has 0 atom stereocenters. The lowest BCUT2D eigenvalue weighted by molar-refractivity contribution is 0.0997. The van der Waals surface area contributed by atoms with Crippen LogP contribution in [0.25, 0.3) is 0 Å². The Bertz CT molecular complexity index is 487. The van der Waals surface area contributed by atoms with Gasteiger partial charge in [-0.05, 0) is 54.8 Å². The quantitative estimate of drug-likeness (QED) is 0.716. The van der Waals surface area contributed by atoms with Crippen LogP contribution in [0, 0.1) is 0 Å². The molecule has 0 spiro atoms. The minimum Gasteiger partial charge on any atom is -0.293 e. The molecule has 0 aliphatic rings. The molecule has 0 bridgehead atoms. The average Bonchev–Trinajstić information content (AvgIpc) is 2.76. The topological polar surface area (TPSA) is 17.1 Å². The zero-order chi connectivity index (χ0) is 10.8. The summed E-state index contributed by atoms with van der Waals surface area (Å²) in [5.74, 6) is 0.167. The van der Waals surface area contributed by atoms with Gasteiger partial charge in [0.05, 0.1) is 4.88 Å². The molecule has 0 aromatic carbocycles. The molecule has 0 N–H and O–H groups in total. The standard InChI is InChI=1S/C10H6Br2OS2/c11-6-1-3-14-9(6)5-8(13)10-7(12)2-4-15-10/h1-4H,5H2. The summed E-state index contributed by atoms with van der Waals surface area (Å²) >= 11 is 9.88. The first-order valence-electron chi connectivity index (χ1n) is 4.16. The van der Waals surface area contributed by atoms with Crippen LogP contribution in [0.3, 0.4) is 0 Å². The van der Waals surface area contributed by atoms with E-state index in [1.165, 1.54) is 11.3 Å². The molecule has 0 saturated carbocycles. The molecular formula is C10H6Br2OS2. The molecule has 78 valence electrons. The Morgan fingerprint density at radius 1 is 1.13 bits per heavy atom. The maximum atomic E-state index is 11.9. The van der Waals surface area contributed by atoms with E-state index < -0.39 is 0 Å². The SMILES string of the molecule is O=C(Cc1sccc1Br)c1sccc1Br. The summed E-state index contributed by atoms with van der Waals surface area (Å²) in [5, 5.41) is 3.90. The highest BCUT2D eigenvalue weighted by atomic mass is 79.9. The van der Waals surface area contributed by atoms with Gasteiger partial charge in [-0.2, -0.15) is 0 Å². The van der Waals surface area contributed by atoms with Crippen molar-refractivity contribution in [2.45, 2.75) is 6.42 Å². The Kier molecular flexibility index (Phi) is 3.77. The largest absolute Gasteiger partial charge is 0.293 e. The van der Waals surface area contributed by atoms with E-state index in [0.717, 1.165) is 18.7 Å². The number of ketones is 1. The van der Waals surface area contributed by atoms with Crippen LogP contribution in [-0.4, -0.2) is 5.78 Å². The van der Waals surface area contributed by atoms with Gasteiger partial charge in [0.15, 0.2) is 5.78 Å². The number of Topliss-reactive ketones (excluding diaryl/α,β-unsaturated/α-hetero) is 1. The van der Waals surface area contributed by atoms with Crippen LogP contribution >= 0.6 is 54.5 Å². The van der Waals surface area contributed by atoms with E-state index in [1.807, 2.05) is 22.9 Å². The molecule has 0 fully saturated rings. The van der Waals surface area contributed by atoms with Gasteiger partial charge in [-0.1, -0.05) is 0 Å². The molecule has 2 aromatic heterocycles. The molecule has 2 heterocycles. The molecule has 5 heteroatoms. The minimum atomic E-state index is 0.167. The lowest BCUT2D eigenvalue weighted by atomic mass is 10.2. The van der Waals surface area contributed by atoms with Crippen molar-refractivity contribution in [3.05, 3.63) is 41.6 Å². The van der Waals surface area contributed by atoms with Crippen LogP contribution in [-0.2, 0) is 6.42 Å². The highest BCUT2D eigenvalue weighted by Crippen LogP contribution is 2.28. The molecule has 0 radical (unpaired) electrons. The van der Waals surface area contributed by atoms with Crippen LogP contribution in [0.1, 0.15) is 14.5 Å². The van der Waals surface area contributed by atoms with Gasteiger partial charge in [-0.15, -0.1) is 22.7 Å². The van der Waals surface area contributed by atoms with Crippen molar-refractivity contribution in [1.82, 2.24) is 0 Å². The highest BCUT2D eigenvalue weighted by Gasteiger charge is 2.14. The van der Waals surface area contributed by atoms with E-state index in [9.17, 15) is 4.79 Å². The minimum absolute atomic E-state index is 0.167. The Morgan fingerprint density at radius 3 is 2.33 bits per heavy atom. The van der Waals surface area contributed by atoms with Crippen molar-refractivity contribution in [3.8, 4) is 0 Å². The van der Waals surface area contributed by atoms with Gasteiger partial charge in [0.2, 0.25) is 0 Å². The first-order valence-corrected chi connectivity index (χ1v) is 7.51. The maximum Gasteiger partial charge on any atom is 0.179 e. The number of carbonyl (C=O) groups excluding carboxylic acids is 1. The van der Waals surface area contributed by atoms with Gasteiger partial charge in [-0.25, -0.2) is 0 Å². The lowest BCUT2D eigenvalue weighted by Crippen LogP contribution is -2.00. The van der Waals surface area contributed by atoms with E-state index >= 15 is 0 Å². The number of carbonyl (C=O) groups is 1. The fourth-order valence-corrected chi connectivity index (χ4v) is 4.19. The normalized spacial score (nSPS) is 10.5. The van der Waals surface area contributed by atoms with Crippen LogP contribution < -0.4 is 0 Å². The van der Waals surface area contributed by atoms with E-state index in [2.05, 4.69) is 31.9 Å². The van der Waals surface area contributed by atoms with Crippen molar-refractivity contribution in [2.75, 3.05) is 0 Å². The van der Waals surface area contributed by atoms with Crippen LogP contribution in [0.2, 0.25) is 0 Å². The molecule has 1 nitrogen and oxygen atoms in total. The summed E-state index contributed by atoms with van der Waals surface area (Å²) in [6.07, 6.45) is 0.470. The molecule has 0 saturated heterocycles.